The molecule has 2 heterocycles. The number of aryl methyl sites for hydroxylation is 3. The molecule has 0 N–H and O–H groups in total. The summed E-state index contributed by atoms with van der Waals surface area (Å²) >= 11 is 0. The van der Waals surface area contributed by atoms with Gasteiger partial charge in [0.2, 0.25) is 0 Å². The van der Waals surface area contributed by atoms with Gasteiger partial charge < -0.3 is 4.55 Å². The predicted molar refractivity (Wildman–Crippen MR) is 113 cm³/mol. The van der Waals surface area contributed by atoms with Crippen molar-refractivity contribution in [1.82, 2.24) is 4.57 Å². The van der Waals surface area contributed by atoms with E-state index in [1.165, 1.54) is 17.7 Å². The summed E-state index contributed by atoms with van der Waals surface area (Å²) in [6.45, 7) is 3.90. The van der Waals surface area contributed by atoms with E-state index in [0.717, 1.165) is 28.8 Å². The molecule has 7 heteroatoms. The van der Waals surface area contributed by atoms with Gasteiger partial charge in [-0.3, -0.25) is 4.79 Å². The summed E-state index contributed by atoms with van der Waals surface area (Å²) < 4.78 is 35.4. The number of rotatable bonds is 3. The van der Waals surface area contributed by atoms with E-state index < -0.39 is 10.1 Å². The second kappa shape index (κ2) is 8.61. The highest BCUT2D eigenvalue weighted by atomic mass is 32.2. The molecule has 0 aliphatic carbocycles. The minimum Gasteiger partial charge on any atom is -0.744 e. The van der Waals surface area contributed by atoms with Gasteiger partial charge in [0.15, 0.2) is 5.69 Å². The SMILES string of the molecule is Cc1ccc(S(=O)(=O)[O-])cc1.Cc1ccc2n(C)c(-c3ccc(C=O)cc3)c[n+]2c1. The van der Waals surface area contributed by atoms with Crippen LogP contribution in [0.15, 0.2) is 78.0 Å². The Bertz CT molecular complexity index is 1290. The summed E-state index contributed by atoms with van der Waals surface area (Å²) in [7, 11) is -2.22. The first kappa shape index (κ1) is 21.4. The van der Waals surface area contributed by atoms with Crippen LogP contribution >= 0.6 is 0 Å². The summed E-state index contributed by atoms with van der Waals surface area (Å²) in [6.07, 6.45) is 5.08. The first-order chi connectivity index (χ1) is 14.2. The quantitative estimate of drug-likeness (QED) is 0.288. The molecule has 0 aliphatic heterocycles. The lowest BCUT2D eigenvalue weighted by atomic mass is 10.1. The fourth-order valence-electron chi connectivity index (χ4n) is 3.06. The predicted octanol–water partition coefficient (Wildman–Crippen LogP) is 3.45. The molecular formula is C23H22N2O4S. The molecule has 2 aromatic heterocycles. The zero-order valence-electron chi connectivity index (χ0n) is 16.9. The Balaban J connectivity index is 0.000000199. The van der Waals surface area contributed by atoms with Crippen LogP contribution in [0, 0.1) is 13.8 Å². The number of hydrogen-bond donors (Lipinski definition) is 0. The standard InChI is InChI=1S/C16H15N2O.C7H8O3S/c1-12-3-8-16-17(2)15(10-18(16)9-12)14-6-4-13(11-19)5-7-14;1-6-2-4-7(5-3-6)11(8,9)10/h3-11H,1-2H3;2-5H,1H3,(H,8,9,10)/q+1;/p-1. The summed E-state index contributed by atoms with van der Waals surface area (Å²) in [4.78, 5) is 10.5. The molecule has 0 unspecified atom stereocenters. The van der Waals surface area contributed by atoms with Gasteiger partial charge in [0.25, 0.3) is 5.65 Å². The molecule has 30 heavy (non-hydrogen) atoms. The molecule has 154 valence electrons. The summed E-state index contributed by atoms with van der Waals surface area (Å²) in [5.41, 5.74) is 6.23. The van der Waals surface area contributed by atoms with Crippen LogP contribution < -0.4 is 4.40 Å². The number of benzene rings is 2. The molecule has 2 aromatic carbocycles. The highest BCUT2D eigenvalue weighted by Crippen LogP contribution is 2.20. The largest absolute Gasteiger partial charge is 0.744 e. The minimum absolute atomic E-state index is 0.178. The normalized spacial score (nSPS) is 11.1. The first-order valence-electron chi connectivity index (χ1n) is 9.24. The second-order valence-corrected chi connectivity index (χ2v) is 8.43. The molecule has 0 fully saturated rings. The average Bonchev–Trinajstić information content (AvgIpc) is 3.04. The van der Waals surface area contributed by atoms with Gasteiger partial charge in [-0.1, -0.05) is 29.8 Å². The van der Waals surface area contributed by atoms with Gasteiger partial charge in [-0.25, -0.2) is 17.4 Å². The molecule has 0 bridgehead atoms. The van der Waals surface area contributed by atoms with Crippen LogP contribution in [0.3, 0.4) is 0 Å². The Morgan fingerprint density at radius 2 is 1.47 bits per heavy atom. The van der Waals surface area contributed by atoms with E-state index in [1.807, 2.05) is 38.2 Å². The maximum Gasteiger partial charge on any atom is 0.286 e. The monoisotopic (exact) mass is 422 g/mol. The molecule has 0 saturated heterocycles. The Morgan fingerprint density at radius 3 is 2.03 bits per heavy atom. The van der Waals surface area contributed by atoms with Crippen molar-refractivity contribution >= 4 is 22.1 Å². The third kappa shape index (κ3) is 4.82. The highest BCUT2D eigenvalue weighted by Gasteiger charge is 2.15. The number of fused-ring (bicyclic) bond motifs is 1. The van der Waals surface area contributed by atoms with Crippen molar-refractivity contribution < 1.29 is 22.2 Å². The van der Waals surface area contributed by atoms with Crippen molar-refractivity contribution in [3.05, 3.63) is 89.7 Å². The van der Waals surface area contributed by atoms with Crippen molar-refractivity contribution in [2.75, 3.05) is 0 Å². The van der Waals surface area contributed by atoms with Gasteiger partial charge in [0.1, 0.15) is 22.6 Å². The molecule has 0 atom stereocenters. The molecule has 0 radical (unpaired) electrons. The molecule has 4 rings (SSSR count). The Hall–Kier alpha value is -3.29. The van der Waals surface area contributed by atoms with Crippen LogP contribution in [0.25, 0.3) is 16.9 Å². The van der Waals surface area contributed by atoms with Crippen molar-refractivity contribution in [2.45, 2.75) is 18.7 Å². The fraction of sp³-hybridized carbons (Fsp3) is 0.130. The number of carbonyl (C=O) groups excluding carboxylic acids is 1. The number of carbonyl (C=O) groups is 1. The smallest absolute Gasteiger partial charge is 0.286 e. The van der Waals surface area contributed by atoms with Gasteiger partial charge in [-0.2, -0.15) is 0 Å². The maximum atomic E-state index is 10.7. The molecule has 4 aromatic rings. The van der Waals surface area contributed by atoms with E-state index in [0.29, 0.717) is 5.56 Å². The van der Waals surface area contributed by atoms with Crippen LogP contribution in [-0.2, 0) is 17.2 Å². The third-order valence-corrected chi connectivity index (χ3v) is 5.57. The topological polar surface area (TPSA) is 83.3 Å². The molecule has 0 spiro atoms. The highest BCUT2D eigenvalue weighted by molar-refractivity contribution is 7.85. The van der Waals surface area contributed by atoms with Gasteiger partial charge in [0, 0.05) is 17.2 Å². The molecule has 0 amide bonds. The summed E-state index contributed by atoms with van der Waals surface area (Å²) in [5.74, 6) is 0. The maximum absolute atomic E-state index is 10.7. The summed E-state index contributed by atoms with van der Waals surface area (Å²) in [5, 5.41) is 0. The van der Waals surface area contributed by atoms with Gasteiger partial charge >= 0.3 is 0 Å². The molecule has 0 aliphatic rings. The minimum atomic E-state index is -4.27. The van der Waals surface area contributed by atoms with Crippen molar-refractivity contribution in [3.8, 4) is 11.3 Å². The van der Waals surface area contributed by atoms with E-state index >= 15 is 0 Å². The number of imidazole rings is 1. The van der Waals surface area contributed by atoms with E-state index in [4.69, 9.17) is 0 Å². The van der Waals surface area contributed by atoms with E-state index in [2.05, 4.69) is 40.4 Å². The number of nitrogens with zero attached hydrogens (tertiary/aromatic N) is 2. The fourth-order valence-corrected chi connectivity index (χ4v) is 3.53. The van der Waals surface area contributed by atoms with Crippen molar-refractivity contribution in [2.24, 2.45) is 7.05 Å². The van der Waals surface area contributed by atoms with E-state index in [9.17, 15) is 17.8 Å². The number of pyridine rings is 1. The van der Waals surface area contributed by atoms with Crippen molar-refractivity contribution in [1.29, 1.82) is 0 Å². The van der Waals surface area contributed by atoms with E-state index in [1.54, 1.807) is 12.1 Å². The van der Waals surface area contributed by atoms with Crippen LogP contribution in [0.4, 0.5) is 0 Å². The van der Waals surface area contributed by atoms with Crippen LogP contribution in [-0.4, -0.2) is 23.8 Å². The molecule has 6 nitrogen and oxygen atoms in total. The number of aromatic nitrogens is 2. The Labute approximate surface area is 175 Å². The van der Waals surface area contributed by atoms with Crippen LogP contribution in [0.5, 0.6) is 0 Å². The van der Waals surface area contributed by atoms with Gasteiger partial charge in [-0.15, -0.1) is 0 Å². The summed E-state index contributed by atoms with van der Waals surface area (Å²) in [6, 6.07) is 17.6. The van der Waals surface area contributed by atoms with Crippen molar-refractivity contribution in [3.63, 3.8) is 0 Å². The van der Waals surface area contributed by atoms with Gasteiger partial charge in [-0.05, 0) is 49.7 Å². The zero-order chi connectivity index (χ0) is 21.9. The second-order valence-electron chi connectivity index (χ2n) is 7.05. The average molecular weight is 423 g/mol. The lowest BCUT2D eigenvalue weighted by molar-refractivity contribution is -0.510. The number of aldehydes is 1. The van der Waals surface area contributed by atoms with Gasteiger partial charge in [0.05, 0.1) is 18.1 Å². The lowest BCUT2D eigenvalue weighted by Crippen LogP contribution is -2.18. The molecular weight excluding hydrogens is 400 g/mol. The zero-order valence-corrected chi connectivity index (χ0v) is 17.8. The number of hydrogen-bond acceptors (Lipinski definition) is 4. The first-order valence-corrected chi connectivity index (χ1v) is 10.7. The Kier molecular flexibility index (Phi) is 6.14. The lowest BCUT2D eigenvalue weighted by Gasteiger charge is -2.05. The molecule has 0 saturated carbocycles. The van der Waals surface area contributed by atoms with E-state index in [-0.39, 0.29) is 4.90 Å². The van der Waals surface area contributed by atoms with Crippen LogP contribution in [0.1, 0.15) is 21.5 Å². The third-order valence-electron chi connectivity index (χ3n) is 4.72. The van der Waals surface area contributed by atoms with Crippen LogP contribution in [0.2, 0.25) is 0 Å². The Morgan fingerprint density at radius 1 is 0.867 bits per heavy atom.